The fraction of sp³-hybridized carbons (Fsp3) is 0.300. The number of carbonyl (C=O) groups is 1. The molecule has 2 aromatic carbocycles. The molecular formula is C20H20N2O3. The zero-order valence-corrected chi connectivity index (χ0v) is 13.9. The third-order valence-corrected chi connectivity index (χ3v) is 4.50. The van der Waals surface area contributed by atoms with Crippen LogP contribution in [0.1, 0.15) is 28.8 Å². The number of rotatable bonds is 4. The number of nitriles is 1. The molecule has 0 aromatic heterocycles. The van der Waals surface area contributed by atoms with Crippen molar-refractivity contribution in [2.75, 3.05) is 19.7 Å². The molecule has 0 unspecified atom stereocenters. The van der Waals surface area contributed by atoms with Gasteiger partial charge in [-0.15, -0.1) is 0 Å². The minimum Gasteiger partial charge on any atom is -0.455 e. The predicted molar refractivity (Wildman–Crippen MR) is 93.4 cm³/mol. The number of amides is 1. The summed E-state index contributed by atoms with van der Waals surface area (Å²) in [5.74, 6) is 1.07. The molecule has 128 valence electrons. The SMILES string of the molecule is N#Cc1ccccc1Oc1ccccc1C(=O)N1CCC(CO)CC1. The smallest absolute Gasteiger partial charge is 0.257 e. The van der Waals surface area contributed by atoms with Gasteiger partial charge in [-0.2, -0.15) is 5.26 Å². The lowest BCUT2D eigenvalue weighted by atomic mass is 9.97. The van der Waals surface area contributed by atoms with Crippen LogP contribution in [0.5, 0.6) is 11.5 Å². The van der Waals surface area contributed by atoms with Gasteiger partial charge in [0.25, 0.3) is 5.91 Å². The van der Waals surface area contributed by atoms with Crippen LogP contribution < -0.4 is 4.74 Å². The van der Waals surface area contributed by atoms with Crippen LogP contribution in [0.3, 0.4) is 0 Å². The van der Waals surface area contributed by atoms with E-state index in [0.717, 1.165) is 12.8 Å². The highest BCUT2D eigenvalue weighted by molar-refractivity contribution is 5.97. The normalized spacial score (nSPS) is 14.8. The molecule has 1 aliphatic heterocycles. The first-order chi connectivity index (χ1) is 12.2. The van der Waals surface area contributed by atoms with Crippen molar-refractivity contribution in [2.45, 2.75) is 12.8 Å². The summed E-state index contributed by atoms with van der Waals surface area (Å²) in [5.41, 5.74) is 0.909. The number of piperidine rings is 1. The average molecular weight is 336 g/mol. The molecule has 2 aromatic rings. The molecule has 0 bridgehead atoms. The minimum atomic E-state index is -0.0820. The molecule has 5 nitrogen and oxygen atoms in total. The lowest BCUT2D eigenvalue weighted by Gasteiger charge is -2.31. The van der Waals surface area contributed by atoms with Crippen molar-refractivity contribution in [3.63, 3.8) is 0 Å². The van der Waals surface area contributed by atoms with E-state index in [-0.39, 0.29) is 18.4 Å². The third kappa shape index (κ3) is 3.81. The van der Waals surface area contributed by atoms with E-state index in [1.807, 2.05) is 0 Å². The molecule has 1 heterocycles. The zero-order valence-electron chi connectivity index (χ0n) is 13.9. The average Bonchev–Trinajstić information content (AvgIpc) is 2.68. The van der Waals surface area contributed by atoms with Gasteiger partial charge in [0.05, 0.1) is 11.1 Å². The fourth-order valence-corrected chi connectivity index (χ4v) is 2.99. The maximum atomic E-state index is 12.9. The van der Waals surface area contributed by atoms with Gasteiger partial charge >= 0.3 is 0 Å². The molecule has 25 heavy (non-hydrogen) atoms. The van der Waals surface area contributed by atoms with Crippen LogP contribution in [0.2, 0.25) is 0 Å². The van der Waals surface area contributed by atoms with Gasteiger partial charge in [0, 0.05) is 19.7 Å². The molecule has 0 atom stereocenters. The highest BCUT2D eigenvalue weighted by atomic mass is 16.5. The molecule has 3 rings (SSSR count). The summed E-state index contributed by atoms with van der Waals surface area (Å²) in [5, 5.41) is 18.4. The molecule has 5 heteroatoms. The van der Waals surface area contributed by atoms with Gasteiger partial charge < -0.3 is 14.7 Å². The molecule has 1 fully saturated rings. The van der Waals surface area contributed by atoms with Crippen molar-refractivity contribution >= 4 is 5.91 Å². The van der Waals surface area contributed by atoms with Crippen molar-refractivity contribution in [2.24, 2.45) is 5.92 Å². The Balaban J connectivity index is 1.82. The van der Waals surface area contributed by atoms with Crippen LogP contribution in [-0.4, -0.2) is 35.6 Å². The Hall–Kier alpha value is -2.84. The Bertz CT molecular complexity index is 790. The first-order valence-electron chi connectivity index (χ1n) is 8.39. The Labute approximate surface area is 147 Å². The Kier molecular flexibility index (Phi) is 5.32. The quantitative estimate of drug-likeness (QED) is 0.930. The van der Waals surface area contributed by atoms with E-state index in [1.54, 1.807) is 53.4 Å². The van der Waals surface area contributed by atoms with E-state index in [9.17, 15) is 15.2 Å². The summed E-state index contributed by atoms with van der Waals surface area (Å²) < 4.78 is 5.88. The van der Waals surface area contributed by atoms with Crippen LogP contribution in [0.4, 0.5) is 0 Å². The van der Waals surface area contributed by atoms with Crippen LogP contribution in [0, 0.1) is 17.2 Å². The summed E-state index contributed by atoms with van der Waals surface area (Å²) in [4.78, 5) is 14.7. The number of likely N-dealkylation sites (tertiary alicyclic amines) is 1. The maximum Gasteiger partial charge on any atom is 0.257 e. The monoisotopic (exact) mass is 336 g/mol. The molecular weight excluding hydrogens is 316 g/mol. The van der Waals surface area contributed by atoms with Gasteiger partial charge in [0.15, 0.2) is 0 Å². The number of hydrogen-bond acceptors (Lipinski definition) is 4. The van der Waals surface area contributed by atoms with Crippen molar-refractivity contribution in [3.05, 3.63) is 59.7 Å². The molecule has 0 saturated carbocycles. The number of benzene rings is 2. The summed E-state index contributed by atoms with van der Waals surface area (Å²) >= 11 is 0. The summed E-state index contributed by atoms with van der Waals surface area (Å²) in [6.45, 7) is 1.44. The van der Waals surface area contributed by atoms with E-state index in [2.05, 4.69) is 6.07 Å². The Morgan fingerprint density at radius 3 is 2.44 bits per heavy atom. The van der Waals surface area contributed by atoms with Crippen molar-refractivity contribution in [1.29, 1.82) is 5.26 Å². The molecule has 1 saturated heterocycles. The Morgan fingerprint density at radius 2 is 1.76 bits per heavy atom. The lowest BCUT2D eigenvalue weighted by Crippen LogP contribution is -2.39. The number of nitrogens with zero attached hydrogens (tertiary/aromatic N) is 2. The van der Waals surface area contributed by atoms with Gasteiger partial charge in [0.2, 0.25) is 0 Å². The van der Waals surface area contributed by atoms with Gasteiger partial charge in [-0.05, 0) is 43.0 Å². The summed E-state index contributed by atoms with van der Waals surface area (Å²) in [6.07, 6.45) is 1.62. The first-order valence-corrected chi connectivity index (χ1v) is 8.39. The van der Waals surface area contributed by atoms with Crippen molar-refractivity contribution < 1.29 is 14.6 Å². The van der Waals surface area contributed by atoms with E-state index < -0.39 is 0 Å². The van der Waals surface area contributed by atoms with Gasteiger partial charge in [0.1, 0.15) is 17.6 Å². The second-order valence-electron chi connectivity index (χ2n) is 6.12. The highest BCUT2D eigenvalue weighted by Crippen LogP contribution is 2.29. The number of para-hydroxylation sites is 2. The van der Waals surface area contributed by atoms with E-state index in [1.165, 1.54) is 0 Å². The van der Waals surface area contributed by atoms with Crippen LogP contribution in [0.25, 0.3) is 0 Å². The van der Waals surface area contributed by atoms with Gasteiger partial charge in [-0.1, -0.05) is 24.3 Å². The van der Waals surface area contributed by atoms with E-state index in [4.69, 9.17) is 4.74 Å². The molecule has 1 aliphatic rings. The first kappa shape index (κ1) is 17.0. The molecule has 1 amide bonds. The molecule has 0 spiro atoms. The van der Waals surface area contributed by atoms with Crippen LogP contribution in [0.15, 0.2) is 48.5 Å². The molecule has 0 aliphatic carbocycles. The summed E-state index contributed by atoms with van der Waals surface area (Å²) in [7, 11) is 0. The molecule has 0 radical (unpaired) electrons. The van der Waals surface area contributed by atoms with Crippen molar-refractivity contribution in [1.82, 2.24) is 4.90 Å². The number of aliphatic hydroxyl groups excluding tert-OH is 1. The third-order valence-electron chi connectivity index (χ3n) is 4.50. The van der Waals surface area contributed by atoms with E-state index in [0.29, 0.717) is 35.7 Å². The van der Waals surface area contributed by atoms with Crippen LogP contribution in [-0.2, 0) is 0 Å². The maximum absolute atomic E-state index is 12.9. The lowest BCUT2D eigenvalue weighted by molar-refractivity contribution is 0.0648. The zero-order chi connectivity index (χ0) is 17.6. The van der Waals surface area contributed by atoms with Gasteiger partial charge in [-0.3, -0.25) is 4.79 Å². The highest BCUT2D eigenvalue weighted by Gasteiger charge is 2.25. The predicted octanol–water partition coefficient (Wildman–Crippen LogP) is 3.20. The topological polar surface area (TPSA) is 73.6 Å². The number of carbonyl (C=O) groups excluding carboxylic acids is 1. The standard InChI is InChI=1S/C20H20N2O3/c21-13-16-5-1-3-7-18(16)25-19-8-4-2-6-17(19)20(24)22-11-9-15(14-23)10-12-22/h1-8,15,23H,9-12,14H2. The number of aliphatic hydroxyl groups is 1. The fourth-order valence-electron chi connectivity index (χ4n) is 2.99. The second kappa shape index (κ2) is 7.82. The number of hydrogen-bond donors (Lipinski definition) is 1. The Morgan fingerprint density at radius 1 is 1.12 bits per heavy atom. The summed E-state index contributed by atoms with van der Waals surface area (Å²) in [6, 6.07) is 16.1. The molecule has 1 N–H and O–H groups in total. The van der Waals surface area contributed by atoms with E-state index >= 15 is 0 Å². The number of ether oxygens (including phenoxy) is 1. The van der Waals surface area contributed by atoms with Gasteiger partial charge in [-0.25, -0.2) is 0 Å². The second-order valence-corrected chi connectivity index (χ2v) is 6.12. The van der Waals surface area contributed by atoms with Crippen LogP contribution >= 0.6 is 0 Å². The minimum absolute atomic E-state index is 0.0820. The largest absolute Gasteiger partial charge is 0.455 e. The van der Waals surface area contributed by atoms with Crippen molar-refractivity contribution in [3.8, 4) is 17.6 Å².